The normalized spacial score (nSPS) is 21.5. The number of halogens is 3. The van der Waals surface area contributed by atoms with Crippen LogP contribution in [0, 0.1) is 5.92 Å². The summed E-state index contributed by atoms with van der Waals surface area (Å²) in [7, 11) is 0. The van der Waals surface area contributed by atoms with Gasteiger partial charge in [-0.1, -0.05) is 49.4 Å². The van der Waals surface area contributed by atoms with E-state index in [0.29, 0.717) is 5.69 Å². The molecule has 1 unspecified atom stereocenters. The number of carbonyl (C=O) groups excluding carboxylic acids is 1. The highest BCUT2D eigenvalue weighted by Crippen LogP contribution is 2.30. The van der Waals surface area contributed by atoms with E-state index in [1.807, 2.05) is 25.1 Å². The van der Waals surface area contributed by atoms with Gasteiger partial charge in [0.15, 0.2) is 0 Å². The number of anilines is 1. The smallest absolute Gasteiger partial charge is 0.379 e. The van der Waals surface area contributed by atoms with Gasteiger partial charge in [0.1, 0.15) is 5.82 Å². The van der Waals surface area contributed by atoms with Gasteiger partial charge in [0.2, 0.25) is 0 Å². The van der Waals surface area contributed by atoms with Gasteiger partial charge in [0.05, 0.1) is 30.5 Å². The Labute approximate surface area is 256 Å². The summed E-state index contributed by atoms with van der Waals surface area (Å²) in [6, 6.07) is 20.0. The zero-order valence-corrected chi connectivity index (χ0v) is 24.9. The Morgan fingerprint density at radius 1 is 1.05 bits per heavy atom. The van der Waals surface area contributed by atoms with Gasteiger partial charge >= 0.3 is 6.18 Å². The predicted molar refractivity (Wildman–Crippen MR) is 167 cm³/mol. The molecular weight excluding hydrogens is 565 g/mol. The van der Waals surface area contributed by atoms with Crippen molar-refractivity contribution in [3.05, 3.63) is 125 Å². The summed E-state index contributed by atoms with van der Waals surface area (Å²) < 4.78 is 44.9. The highest BCUT2D eigenvalue weighted by atomic mass is 19.4. The van der Waals surface area contributed by atoms with E-state index in [0.717, 1.165) is 74.1 Å². The summed E-state index contributed by atoms with van der Waals surface area (Å²) in [6.45, 7) is 8.38. The zero-order chi connectivity index (χ0) is 31.1. The molecule has 0 spiro atoms. The van der Waals surface area contributed by atoms with Crippen LogP contribution < -0.4 is 10.6 Å². The molecule has 0 aromatic heterocycles. The number of amides is 1. The lowest BCUT2D eigenvalue weighted by Gasteiger charge is -2.26. The Morgan fingerprint density at radius 2 is 1.82 bits per heavy atom. The van der Waals surface area contributed by atoms with Crippen molar-refractivity contribution >= 4 is 17.3 Å². The quantitative estimate of drug-likeness (QED) is 0.283. The van der Waals surface area contributed by atoms with Crippen LogP contribution in [-0.4, -0.2) is 42.8 Å². The average Bonchev–Trinajstić information content (AvgIpc) is 3.00. The molecule has 2 atom stereocenters. The lowest BCUT2D eigenvalue weighted by atomic mass is 10.0. The van der Waals surface area contributed by atoms with Crippen LogP contribution in [0.1, 0.15) is 58.9 Å². The monoisotopic (exact) mass is 602 g/mol. The first-order valence-electron chi connectivity index (χ1n) is 14.9. The van der Waals surface area contributed by atoms with Gasteiger partial charge in [-0.25, -0.2) is 4.99 Å². The topological polar surface area (TPSA) is 66.0 Å². The third-order valence-corrected chi connectivity index (χ3v) is 7.66. The number of nitrogens with zero attached hydrogens (tertiary/aromatic N) is 2. The molecule has 1 saturated heterocycles. The Kier molecular flexibility index (Phi) is 9.97. The molecule has 230 valence electrons. The zero-order valence-electron chi connectivity index (χ0n) is 24.9. The van der Waals surface area contributed by atoms with Crippen molar-refractivity contribution < 1.29 is 22.7 Å². The van der Waals surface area contributed by atoms with E-state index in [2.05, 4.69) is 65.0 Å². The molecule has 2 heterocycles. The maximum Gasteiger partial charge on any atom is 0.416 e. The van der Waals surface area contributed by atoms with Crippen molar-refractivity contribution in [3.63, 3.8) is 0 Å². The van der Waals surface area contributed by atoms with Gasteiger partial charge in [0, 0.05) is 36.4 Å². The second-order valence-electron chi connectivity index (χ2n) is 11.3. The lowest BCUT2D eigenvalue weighted by molar-refractivity contribution is -0.137. The lowest BCUT2D eigenvalue weighted by Crippen LogP contribution is -2.35. The molecule has 1 amide bonds. The van der Waals surface area contributed by atoms with E-state index in [9.17, 15) is 18.0 Å². The minimum Gasteiger partial charge on any atom is -0.379 e. The fraction of sp³-hybridized carbons (Fsp3) is 0.314. The van der Waals surface area contributed by atoms with Crippen LogP contribution in [0.3, 0.4) is 0 Å². The number of ether oxygens (including phenoxy) is 1. The number of morpholine rings is 1. The van der Waals surface area contributed by atoms with E-state index >= 15 is 0 Å². The highest BCUT2D eigenvalue weighted by molar-refractivity contribution is 6.09. The molecule has 44 heavy (non-hydrogen) atoms. The molecule has 9 heteroatoms. The fourth-order valence-corrected chi connectivity index (χ4v) is 5.25. The number of hydrogen-bond donors (Lipinski definition) is 2. The molecule has 2 aliphatic heterocycles. The number of carbonyl (C=O) groups is 1. The summed E-state index contributed by atoms with van der Waals surface area (Å²) in [4.78, 5) is 20.2. The number of hydrogen-bond acceptors (Lipinski definition) is 5. The summed E-state index contributed by atoms with van der Waals surface area (Å²) >= 11 is 0. The third kappa shape index (κ3) is 8.45. The standard InChI is InChI=1S/C35H37F3N4O2/c1-24-7-3-14-32(28-10-4-8-26(20-28)23-42-15-17-44-18-16-42)41-33(19-24)39-25(2)27-9-6-13-31(22-27)40-34(43)29-11-5-12-30(21-29)35(36,37)38/h3-6,8-14,19-22,24-25,39H,7,15-18,23H2,1-2H3,(H,40,43)/b14-3+,33-19-,41-32+/t24?,25-/m0/s1. The van der Waals surface area contributed by atoms with Crippen molar-refractivity contribution in [3.8, 4) is 0 Å². The van der Waals surface area contributed by atoms with Gasteiger partial charge in [-0.15, -0.1) is 0 Å². The average molecular weight is 603 g/mol. The van der Waals surface area contributed by atoms with Crippen molar-refractivity contribution in [2.45, 2.75) is 39.0 Å². The molecule has 0 saturated carbocycles. The van der Waals surface area contributed by atoms with Crippen LogP contribution in [0.25, 0.3) is 0 Å². The molecule has 2 aliphatic rings. The Morgan fingerprint density at radius 3 is 2.61 bits per heavy atom. The fourth-order valence-electron chi connectivity index (χ4n) is 5.25. The Bertz CT molecular complexity index is 1560. The Hall–Kier alpha value is -4.21. The van der Waals surface area contributed by atoms with Crippen molar-refractivity contribution in [1.29, 1.82) is 0 Å². The van der Waals surface area contributed by atoms with E-state index in [-0.39, 0.29) is 17.5 Å². The number of nitrogens with one attached hydrogen (secondary N) is 2. The number of aliphatic imine (C=N–C) groups is 1. The minimum atomic E-state index is -4.52. The first-order valence-corrected chi connectivity index (χ1v) is 14.9. The van der Waals surface area contributed by atoms with E-state index < -0.39 is 17.6 Å². The summed E-state index contributed by atoms with van der Waals surface area (Å²) in [5, 5.41) is 6.26. The number of alkyl halides is 3. The second-order valence-corrected chi connectivity index (χ2v) is 11.3. The second kappa shape index (κ2) is 14.1. The number of rotatable bonds is 8. The number of benzene rings is 3. The van der Waals surface area contributed by atoms with Gasteiger partial charge in [0.25, 0.3) is 5.91 Å². The van der Waals surface area contributed by atoms with Crippen LogP contribution >= 0.6 is 0 Å². The van der Waals surface area contributed by atoms with Crippen molar-refractivity contribution in [2.24, 2.45) is 10.9 Å². The summed E-state index contributed by atoms with van der Waals surface area (Å²) in [5.41, 5.74) is 3.60. The van der Waals surface area contributed by atoms with Crippen LogP contribution in [0.4, 0.5) is 18.9 Å². The van der Waals surface area contributed by atoms with Gasteiger partial charge in [-0.05, 0) is 78.9 Å². The number of allylic oxidation sites excluding steroid dienone is 3. The summed E-state index contributed by atoms with van der Waals surface area (Å²) in [5.74, 6) is 0.417. The predicted octanol–water partition coefficient (Wildman–Crippen LogP) is 7.37. The molecule has 1 fully saturated rings. The largest absolute Gasteiger partial charge is 0.416 e. The van der Waals surface area contributed by atoms with E-state index in [1.54, 1.807) is 6.07 Å². The maximum atomic E-state index is 13.1. The molecule has 6 nitrogen and oxygen atoms in total. The molecule has 5 rings (SSSR count). The molecular formula is C35H37F3N4O2. The molecule has 2 N–H and O–H groups in total. The van der Waals surface area contributed by atoms with Crippen LogP contribution in [0.2, 0.25) is 0 Å². The van der Waals surface area contributed by atoms with Crippen molar-refractivity contribution in [2.75, 3.05) is 31.6 Å². The van der Waals surface area contributed by atoms with E-state index in [1.165, 1.54) is 17.7 Å². The minimum absolute atomic E-state index is 0.0611. The molecule has 0 radical (unpaired) electrons. The maximum absolute atomic E-state index is 13.1. The molecule has 0 aliphatic carbocycles. The highest BCUT2D eigenvalue weighted by Gasteiger charge is 2.31. The molecule has 3 aromatic carbocycles. The first kappa shape index (κ1) is 31.2. The van der Waals surface area contributed by atoms with Crippen LogP contribution in [-0.2, 0) is 17.5 Å². The van der Waals surface area contributed by atoms with E-state index in [4.69, 9.17) is 9.73 Å². The van der Waals surface area contributed by atoms with Crippen LogP contribution in [0.15, 0.2) is 102 Å². The molecule has 3 aromatic rings. The van der Waals surface area contributed by atoms with Crippen LogP contribution in [0.5, 0.6) is 0 Å². The molecule has 0 bridgehead atoms. The van der Waals surface area contributed by atoms with Gasteiger partial charge in [-0.3, -0.25) is 9.69 Å². The Balaban J connectivity index is 1.31. The third-order valence-electron chi connectivity index (χ3n) is 7.66. The van der Waals surface area contributed by atoms with Gasteiger partial charge < -0.3 is 15.4 Å². The van der Waals surface area contributed by atoms with Crippen molar-refractivity contribution in [1.82, 2.24) is 10.2 Å². The SMILES string of the molecule is CC1\C=C(N[C@@H](C)c2cccc(NC(=O)c3cccc(C(F)(F)F)c3)c2)/N=C(c2cccc(CN3CCOCC3)c2)\C=C\C1. The summed E-state index contributed by atoms with van der Waals surface area (Å²) in [6.07, 6.45) is 2.71. The van der Waals surface area contributed by atoms with Gasteiger partial charge in [-0.2, -0.15) is 13.2 Å². The first-order chi connectivity index (χ1) is 21.1.